The average molecular weight is 266 g/mol. The molecule has 0 fully saturated rings. The van der Waals surface area contributed by atoms with Crippen molar-refractivity contribution in [3.63, 3.8) is 0 Å². The van der Waals surface area contributed by atoms with Crippen molar-refractivity contribution in [2.45, 2.75) is 0 Å². The molecule has 1 aromatic carbocycles. The number of rotatable bonds is 7. The van der Waals surface area contributed by atoms with Crippen LogP contribution in [0.5, 0.6) is 0 Å². The Balaban J connectivity index is 2.48. The molecule has 0 atom stereocenters. The Morgan fingerprint density at radius 2 is 2.05 bits per heavy atom. The van der Waals surface area contributed by atoms with Gasteiger partial charge in [-0.1, -0.05) is 6.07 Å². The molecule has 0 radical (unpaired) electrons. The molecule has 0 bridgehead atoms. The number of amides is 1. The second-order valence-electron chi connectivity index (χ2n) is 3.79. The highest BCUT2D eigenvalue weighted by Crippen LogP contribution is 2.11. The summed E-state index contributed by atoms with van der Waals surface area (Å²) in [7, 11) is 2.91. The fraction of sp³-hybridized carbons (Fsp3) is 0.385. The summed E-state index contributed by atoms with van der Waals surface area (Å²) in [6.45, 7) is 1.34. The summed E-state index contributed by atoms with van der Waals surface area (Å²) in [5, 5.41) is 5.61. The minimum Gasteiger partial charge on any atom is -0.465 e. The van der Waals surface area contributed by atoms with Gasteiger partial charge in [-0.3, -0.25) is 4.79 Å². The topological polar surface area (TPSA) is 76.7 Å². The lowest BCUT2D eigenvalue weighted by Gasteiger charge is -2.07. The molecule has 0 aliphatic rings. The molecule has 0 aliphatic heterocycles. The largest absolute Gasteiger partial charge is 0.465 e. The number of nitrogens with one attached hydrogen (secondary N) is 2. The molecular formula is C13H18N2O4. The van der Waals surface area contributed by atoms with Crippen molar-refractivity contribution in [1.29, 1.82) is 0 Å². The Morgan fingerprint density at radius 1 is 1.26 bits per heavy atom. The SMILES string of the molecule is COCCNCC(=O)Nc1cccc(C(=O)OC)c1. The van der Waals surface area contributed by atoms with Gasteiger partial charge in [-0.05, 0) is 18.2 Å². The van der Waals surface area contributed by atoms with Gasteiger partial charge in [-0.15, -0.1) is 0 Å². The molecule has 1 aromatic rings. The van der Waals surface area contributed by atoms with E-state index in [-0.39, 0.29) is 12.5 Å². The summed E-state index contributed by atoms with van der Waals surface area (Å²) in [5.74, 6) is -0.618. The highest BCUT2D eigenvalue weighted by atomic mass is 16.5. The zero-order valence-corrected chi connectivity index (χ0v) is 11.1. The molecule has 0 aliphatic carbocycles. The van der Waals surface area contributed by atoms with Crippen molar-refractivity contribution in [3.8, 4) is 0 Å². The van der Waals surface area contributed by atoms with Gasteiger partial charge in [0, 0.05) is 19.3 Å². The van der Waals surface area contributed by atoms with E-state index in [1.54, 1.807) is 31.4 Å². The average Bonchev–Trinajstić information content (AvgIpc) is 2.43. The van der Waals surface area contributed by atoms with Crippen molar-refractivity contribution >= 4 is 17.6 Å². The summed E-state index contributed by atoms with van der Waals surface area (Å²) in [5.41, 5.74) is 0.953. The number of hydrogen-bond acceptors (Lipinski definition) is 5. The van der Waals surface area contributed by atoms with Gasteiger partial charge in [0.2, 0.25) is 5.91 Å². The Bertz CT molecular complexity index is 434. The molecule has 19 heavy (non-hydrogen) atoms. The molecule has 0 saturated heterocycles. The van der Waals surface area contributed by atoms with Crippen LogP contribution in [-0.2, 0) is 14.3 Å². The van der Waals surface area contributed by atoms with Gasteiger partial charge in [0.05, 0.1) is 25.8 Å². The first kappa shape index (κ1) is 15.1. The number of esters is 1. The molecule has 0 spiro atoms. The highest BCUT2D eigenvalue weighted by Gasteiger charge is 2.07. The summed E-state index contributed by atoms with van der Waals surface area (Å²) in [4.78, 5) is 22.9. The Kier molecular flexibility index (Phi) is 6.56. The second-order valence-corrected chi connectivity index (χ2v) is 3.79. The van der Waals surface area contributed by atoms with E-state index in [1.165, 1.54) is 7.11 Å². The minimum atomic E-state index is -0.436. The molecule has 6 heteroatoms. The summed E-state index contributed by atoms with van der Waals surface area (Å²) in [6, 6.07) is 6.58. The molecule has 1 rings (SSSR count). The molecule has 104 valence electrons. The van der Waals surface area contributed by atoms with Crippen LogP contribution in [0.15, 0.2) is 24.3 Å². The number of carbonyl (C=O) groups excluding carboxylic acids is 2. The van der Waals surface area contributed by atoms with Crippen LogP contribution in [-0.4, -0.2) is 45.8 Å². The molecular weight excluding hydrogens is 248 g/mol. The third-order valence-electron chi connectivity index (χ3n) is 2.34. The van der Waals surface area contributed by atoms with Gasteiger partial charge >= 0.3 is 5.97 Å². The normalized spacial score (nSPS) is 10.0. The maximum absolute atomic E-state index is 11.6. The van der Waals surface area contributed by atoms with E-state index in [2.05, 4.69) is 15.4 Å². The van der Waals surface area contributed by atoms with Gasteiger partial charge in [-0.25, -0.2) is 4.79 Å². The molecule has 0 heterocycles. The van der Waals surface area contributed by atoms with Gasteiger partial charge in [0.1, 0.15) is 0 Å². The molecule has 6 nitrogen and oxygen atoms in total. The van der Waals surface area contributed by atoms with E-state index in [4.69, 9.17) is 4.74 Å². The first-order valence-corrected chi connectivity index (χ1v) is 5.85. The smallest absolute Gasteiger partial charge is 0.337 e. The third kappa shape index (κ3) is 5.50. The zero-order chi connectivity index (χ0) is 14.1. The first-order valence-electron chi connectivity index (χ1n) is 5.85. The van der Waals surface area contributed by atoms with Crippen LogP contribution in [0, 0.1) is 0 Å². The van der Waals surface area contributed by atoms with E-state index >= 15 is 0 Å². The predicted octanol–water partition coefficient (Wildman–Crippen LogP) is 0.648. The van der Waals surface area contributed by atoms with Crippen molar-refractivity contribution < 1.29 is 19.1 Å². The molecule has 2 N–H and O–H groups in total. The lowest BCUT2D eigenvalue weighted by molar-refractivity contribution is -0.115. The van der Waals surface area contributed by atoms with Crippen LogP contribution in [0.25, 0.3) is 0 Å². The van der Waals surface area contributed by atoms with Crippen molar-refractivity contribution in [2.24, 2.45) is 0 Å². The van der Waals surface area contributed by atoms with Crippen molar-refractivity contribution in [2.75, 3.05) is 39.2 Å². The maximum atomic E-state index is 11.6. The van der Waals surface area contributed by atoms with E-state index in [0.717, 1.165) is 0 Å². The van der Waals surface area contributed by atoms with Crippen LogP contribution in [0.1, 0.15) is 10.4 Å². The van der Waals surface area contributed by atoms with Gasteiger partial charge < -0.3 is 20.1 Å². The lowest BCUT2D eigenvalue weighted by atomic mass is 10.2. The van der Waals surface area contributed by atoms with Gasteiger partial charge in [0.15, 0.2) is 0 Å². The number of methoxy groups -OCH3 is 2. The van der Waals surface area contributed by atoms with Gasteiger partial charge in [0.25, 0.3) is 0 Å². The molecule has 1 amide bonds. The predicted molar refractivity (Wildman–Crippen MR) is 71.2 cm³/mol. The highest BCUT2D eigenvalue weighted by molar-refractivity contribution is 5.95. The fourth-order valence-corrected chi connectivity index (χ4v) is 1.42. The van der Waals surface area contributed by atoms with Crippen molar-refractivity contribution in [1.82, 2.24) is 5.32 Å². The zero-order valence-electron chi connectivity index (χ0n) is 11.1. The quantitative estimate of drug-likeness (QED) is 0.559. The number of ether oxygens (including phenoxy) is 2. The Hall–Kier alpha value is -1.92. The van der Waals surface area contributed by atoms with Crippen LogP contribution in [0.4, 0.5) is 5.69 Å². The van der Waals surface area contributed by atoms with Crippen LogP contribution in [0.3, 0.4) is 0 Å². The second kappa shape index (κ2) is 8.23. The monoisotopic (exact) mass is 266 g/mol. The first-order chi connectivity index (χ1) is 9.17. The number of benzene rings is 1. The Labute approximate surface area is 112 Å². The van der Waals surface area contributed by atoms with E-state index in [0.29, 0.717) is 24.4 Å². The summed E-state index contributed by atoms with van der Waals surface area (Å²) < 4.78 is 9.46. The Morgan fingerprint density at radius 3 is 2.74 bits per heavy atom. The van der Waals surface area contributed by atoms with E-state index in [1.807, 2.05) is 0 Å². The summed E-state index contributed by atoms with van der Waals surface area (Å²) >= 11 is 0. The molecule has 0 saturated carbocycles. The number of anilines is 1. The van der Waals surface area contributed by atoms with Crippen LogP contribution in [0.2, 0.25) is 0 Å². The van der Waals surface area contributed by atoms with E-state index < -0.39 is 5.97 Å². The van der Waals surface area contributed by atoms with Crippen LogP contribution < -0.4 is 10.6 Å². The van der Waals surface area contributed by atoms with Crippen molar-refractivity contribution in [3.05, 3.63) is 29.8 Å². The number of carbonyl (C=O) groups is 2. The van der Waals surface area contributed by atoms with Gasteiger partial charge in [-0.2, -0.15) is 0 Å². The molecule has 0 unspecified atom stereocenters. The minimum absolute atomic E-state index is 0.182. The standard InChI is InChI=1S/C13H18N2O4/c1-18-7-6-14-9-12(16)15-11-5-3-4-10(8-11)13(17)19-2/h3-5,8,14H,6-7,9H2,1-2H3,(H,15,16). The summed E-state index contributed by atoms with van der Waals surface area (Å²) in [6.07, 6.45) is 0. The maximum Gasteiger partial charge on any atom is 0.337 e. The third-order valence-corrected chi connectivity index (χ3v) is 2.34. The van der Waals surface area contributed by atoms with E-state index in [9.17, 15) is 9.59 Å². The number of hydrogen-bond donors (Lipinski definition) is 2. The van der Waals surface area contributed by atoms with Crippen LogP contribution >= 0.6 is 0 Å². The molecule has 0 aromatic heterocycles. The fourth-order valence-electron chi connectivity index (χ4n) is 1.42. The lowest BCUT2D eigenvalue weighted by Crippen LogP contribution is -2.30.